The fraction of sp³-hybridized carbons (Fsp3) is 0.200. The van der Waals surface area contributed by atoms with Gasteiger partial charge >= 0.3 is 5.76 Å². The topological polar surface area (TPSA) is 58.9 Å². The van der Waals surface area contributed by atoms with Crippen LogP contribution >= 0.6 is 0 Å². The van der Waals surface area contributed by atoms with Gasteiger partial charge in [-0.25, -0.2) is 9.89 Å². The van der Waals surface area contributed by atoms with Gasteiger partial charge in [0.2, 0.25) is 5.89 Å². The molecule has 0 bridgehead atoms. The average Bonchev–Trinajstić information content (AvgIpc) is 2.17. The minimum atomic E-state index is -0.521. The SMILES string of the molecule is C=CCc1n[nH]c(=O)o1. The third-order valence-electron chi connectivity index (χ3n) is 0.801. The Morgan fingerprint density at radius 2 is 2.67 bits per heavy atom. The highest BCUT2D eigenvalue weighted by Crippen LogP contribution is 1.87. The minimum absolute atomic E-state index is 0.370. The Balaban J connectivity index is 2.84. The maximum Gasteiger partial charge on any atom is 0.434 e. The summed E-state index contributed by atoms with van der Waals surface area (Å²) in [7, 11) is 0. The molecule has 0 aliphatic rings. The van der Waals surface area contributed by atoms with Crippen molar-refractivity contribution in [3.8, 4) is 0 Å². The Kier molecular flexibility index (Phi) is 1.48. The monoisotopic (exact) mass is 126 g/mol. The largest absolute Gasteiger partial charge is 0.434 e. The predicted octanol–water partition coefficient (Wildman–Crippen LogP) is 0.0914. The molecule has 0 spiro atoms. The van der Waals surface area contributed by atoms with Crippen LogP contribution in [-0.4, -0.2) is 10.2 Å². The molecule has 0 amide bonds. The van der Waals surface area contributed by atoms with Gasteiger partial charge in [0.05, 0.1) is 0 Å². The molecule has 1 aromatic rings. The molecule has 48 valence electrons. The number of nitrogens with zero attached hydrogens (tertiary/aromatic N) is 1. The molecule has 0 fully saturated rings. The Morgan fingerprint density at radius 3 is 3.11 bits per heavy atom. The van der Waals surface area contributed by atoms with Crippen molar-refractivity contribution in [2.24, 2.45) is 0 Å². The van der Waals surface area contributed by atoms with Crippen LogP contribution in [0.4, 0.5) is 0 Å². The zero-order chi connectivity index (χ0) is 6.69. The average molecular weight is 126 g/mol. The molecule has 0 aliphatic heterocycles. The third kappa shape index (κ3) is 1.28. The molecule has 1 aromatic heterocycles. The van der Waals surface area contributed by atoms with E-state index in [0.717, 1.165) is 0 Å². The number of aromatic nitrogens is 2. The van der Waals surface area contributed by atoms with E-state index in [1.54, 1.807) is 6.08 Å². The van der Waals surface area contributed by atoms with E-state index < -0.39 is 5.76 Å². The highest BCUT2D eigenvalue weighted by atomic mass is 16.4. The van der Waals surface area contributed by atoms with Crippen LogP contribution < -0.4 is 5.76 Å². The lowest BCUT2D eigenvalue weighted by atomic mass is 10.4. The van der Waals surface area contributed by atoms with Crippen molar-refractivity contribution in [3.05, 3.63) is 29.1 Å². The van der Waals surface area contributed by atoms with E-state index in [1.165, 1.54) is 0 Å². The van der Waals surface area contributed by atoms with E-state index in [2.05, 4.69) is 21.2 Å². The van der Waals surface area contributed by atoms with Crippen molar-refractivity contribution in [2.75, 3.05) is 0 Å². The van der Waals surface area contributed by atoms with Crippen molar-refractivity contribution in [1.29, 1.82) is 0 Å². The highest BCUT2D eigenvalue weighted by Gasteiger charge is 1.94. The fourth-order valence-electron chi connectivity index (χ4n) is 0.471. The normalized spacial score (nSPS) is 9.33. The zero-order valence-corrected chi connectivity index (χ0v) is 4.76. The van der Waals surface area contributed by atoms with Gasteiger partial charge in [-0.2, -0.15) is 0 Å². The van der Waals surface area contributed by atoms with Gasteiger partial charge in [-0.1, -0.05) is 6.08 Å². The number of aromatic amines is 1. The van der Waals surface area contributed by atoms with Crippen LogP contribution in [-0.2, 0) is 6.42 Å². The van der Waals surface area contributed by atoms with Crippen molar-refractivity contribution in [2.45, 2.75) is 6.42 Å². The van der Waals surface area contributed by atoms with Crippen LogP contribution in [0.3, 0.4) is 0 Å². The summed E-state index contributed by atoms with van der Waals surface area (Å²) in [6.07, 6.45) is 2.10. The van der Waals surface area contributed by atoms with Gasteiger partial charge in [-0.05, 0) is 0 Å². The summed E-state index contributed by atoms with van der Waals surface area (Å²) in [5, 5.41) is 5.66. The highest BCUT2D eigenvalue weighted by molar-refractivity contribution is 4.83. The smallest absolute Gasteiger partial charge is 0.392 e. The molecule has 1 N–H and O–H groups in total. The van der Waals surface area contributed by atoms with Crippen molar-refractivity contribution >= 4 is 0 Å². The second-order valence-corrected chi connectivity index (χ2v) is 1.50. The molecule has 1 rings (SSSR count). The first-order chi connectivity index (χ1) is 4.33. The standard InChI is InChI=1S/C5H6N2O2/c1-2-3-4-6-7-5(8)9-4/h2H,1,3H2,(H,7,8). The number of hydrogen-bond donors (Lipinski definition) is 1. The summed E-state index contributed by atoms with van der Waals surface area (Å²) in [6, 6.07) is 0. The van der Waals surface area contributed by atoms with Crippen molar-refractivity contribution in [1.82, 2.24) is 10.2 Å². The van der Waals surface area contributed by atoms with E-state index in [-0.39, 0.29) is 0 Å². The van der Waals surface area contributed by atoms with Crippen molar-refractivity contribution < 1.29 is 4.42 Å². The van der Waals surface area contributed by atoms with Crippen LogP contribution in [0.25, 0.3) is 0 Å². The minimum Gasteiger partial charge on any atom is -0.392 e. The zero-order valence-electron chi connectivity index (χ0n) is 4.76. The Bertz CT molecular complexity index is 247. The number of rotatable bonds is 2. The molecule has 0 aliphatic carbocycles. The maximum absolute atomic E-state index is 10.2. The summed E-state index contributed by atoms with van der Waals surface area (Å²) in [6.45, 7) is 3.45. The van der Waals surface area contributed by atoms with E-state index in [4.69, 9.17) is 0 Å². The lowest BCUT2D eigenvalue weighted by molar-refractivity contribution is 0.473. The Labute approximate surface area is 51.2 Å². The van der Waals surface area contributed by atoms with Crippen LogP contribution in [0.2, 0.25) is 0 Å². The van der Waals surface area contributed by atoms with E-state index >= 15 is 0 Å². The van der Waals surface area contributed by atoms with Gasteiger partial charge in [0.1, 0.15) is 0 Å². The summed E-state index contributed by atoms with van der Waals surface area (Å²) in [4.78, 5) is 10.2. The van der Waals surface area contributed by atoms with Gasteiger partial charge in [0.25, 0.3) is 0 Å². The van der Waals surface area contributed by atoms with Gasteiger partial charge in [0, 0.05) is 6.42 Å². The molecular formula is C5H6N2O2. The first kappa shape index (κ1) is 5.81. The van der Waals surface area contributed by atoms with Crippen LogP contribution in [0.5, 0.6) is 0 Å². The van der Waals surface area contributed by atoms with Crippen LogP contribution in [0.1, 0.15) is 5.89 Å². The number of H-pyrrole nitrogens is 1. The second kappa shape index (κ2) is 2.30. The second-order valence-electron chi connectivity index (χ2n) is 1.50. The van der Waals surface area contributed by atoms with E-state index in [0.29, 0.717) is 12.3 Å². The molecule has 0 atom stereocenters. The number of hydrogen-bond acceptors (Lipinski definition) is 3. The molecule has 0 saturated heterocycles. The maximum atomic E-state index is 10.2. The summed E-state index contributed by atoms with van der Waals surface area (Å²) in [5.74, 6) is -0.151. The number of nitrogens with one attached hydrogen (secondary N) is 1. The quantitative estimate of drug-likeness (QED) is 0.571. The Morgan fingerprint density at radius 1 is 1.89 bits per heavy atom. The lowest BCUT2D eigenvalue weighted by Gasteiger charge is -1.77. The van der Waals surface area contributed by atoms with Gasteiger partial charge in [0.15, 0.2) is 0 Å². The van der Waals surface area contributed by atoms with Gasteiger partial charge in [-0.15, -0.1) is 11.7 Å². The molecular weight excluding hydrogens is 120 g/mol. The van der Waals surface area contributed by atoms with Gasteiger partial charge < -0.3 is 4.42 Å². The summed E-state index contributed by atoms with van der Waals surface area (Å²) in [5.41, 5.74) is 0. The van der Waals surface area contributed by atoms with Gasteiger partial charge in [-0.3, -0.25) is 0 Å². The molecule has 0 aromatic carbocycles. The first-order valence-electron chi connectivity index (χ1n) is 2.48. The Hall–Kier alpha value is -1.32. The third-order valence-corrected chi connectivity index (χ3v) is 0.801. The molecule has 4 nitrogen and oxygen atoms in total. The van der Waals surface area contributed by atoms with Crippen LogP contribution in [0, 0.1) is 0 Å². The molecule has 0 unspecified atom stereocenters. The first-order valence-corrected chi connectivity index (χ1v) is 2.48. The fourth-order valence-corrected chi connectivity index (χ4v) is 0.471. The van der Waals surface area contributed by atoms with E-state index in [9.17, 15) is 4.79 Å². The lowest BCUT2D eigenvalue weighted by Crippen LogP contribution is -1.93. The molecule has 0 radical (unpaired) electrons. The van der Waals surface area contributed by atoms with Crippen molar-refractivity contribution in [3.63, 3.8) is 0 Å². The summed E-state index contributed by atoms with van der Waals surface area (Å²) < 4.78 is 4.53. The van der Waals surface area contributed by atoms with Crippen LogP contribution in [0.15, 0.2) is 21.9 Å². The predicted molar refractivity (Wildman–Crippen MR) is 31.0 cm³/mol. The molecule has 1 heterocycles. The molecule has 9 heavy (non-hydrogen) atoms. The molecule has 4 heteroatoms. The number of allylic oxidation sites excluding steroid dienone is 1. The molecule has 0 saturated carbocycles. The summed E-state index contributed by atoms with van der Waals surface area (Å²) >= 11 is 0. The van der Waals surface area contributed by atoms with E-state index in [1.807, 2.05) is 0 Å².